The minimum atomic E-state index is -1.09. The molecule has 1 spiro atoms. The third-order valence-electron chi connectivity index (χ3n) is 9.24. The first-order valence-corrected chi connectivity index (χ1v) is 9.87. The van der Waals surface area contributed by atoms with Crippen LogP contribution in [0, 0.1) is 34.0 Å². The van der Waals surface area contributed by atoms with Crippen molar-refractivity contribution in [3.8, 4) is 0 Å². The molecule has 0 amide bonds. The molecule has 8 unspecified atom stereocenters. The highest BCUT2D eigenvalue weighted by Gasteiger charge is 2.69. The highest BCUT2D eigenvalue weighted by Crippen LogP contribution is 2.72. The molecule has 0 radical (unpaired) electrons. The van der Waals surface area contributed by atoms with Crippen molar-refractivity contribution in [2.45, 2.75) is 76.9 Å². The topological polar surface area (TPSA) is 98.0 Å². The molecule has 0 aliphatic heterocycles. The Morgan fingerprint density at radius 3 is 2.44 bits per heavy atom. The highest BCUT2D eigenvalue weighted by atomic mass is 16.4. The molecule has 4 saturated carbocycles. The summed E-state index contributed by atoms with van der Waals surface area (Å²) in [4.78, 5) is 12.1. The van der Waals surface area contributed by atoms with Crippen molar-refractivity contribution in [3.05, 3.63) is 0 Å². The van der Waals surface area contributed by atoms with Crippen molar-refractivity contribution in [2.75, 3.05) is 6.61 Å². The maximum absolute atomic E-state index is 12.1. The number of carboxylic acids is 1. The number of fused-ring (bicyclic) bond motifs is 3. The fourth-order valence-electron chi connectivity index (χ4n) is 8.01. The van der Waals surface area contributed by atoms with Gasteiger partial charge < -0.3 is 20.4 Å². The van der Waals surface area contributed by atoms with Gasteiger partial charge in [-0.2, -0.15) is 0 Å². The monoisotopic (exact) mass is 352 g/mol. The van der Waals surface area contributed by atoms with Crippen LogP contribution in [-0.4, -0.2) is 44.7 Å². The molecule has 0 aromatic carbocycles. The van der Waals surface area contributed by atoms with Gasteiger partial charge in [-0.15, -0.1) is 0 Å². The molecule has 2 bridgehead atoms. The zero-order valence-electron chi connectivity index (χ0n) is 15.4. The Kier molecular flexibility index (Phi) is 3.69. The second-order valence-electron chi connectivity index (χ2n) is 10.1. The Labute approximate surface area is 149 Å². The summed E-state index contributed by atoms with van der Waals surface area (Å²) >= 11 is 0. The van der Waals surface area contributed by atoms with Crippen molar-refractivity contribution in [2.24, 2.45) is 34.0 Å². The molecule has 0 saturated heterocycles. The molecule has 5 nitrogen and oxygen atoms in total. The zero-order valence-corrected chi connectivity index (χ0v) is 15.4. The molecule has 4 aliphatic carbocycles. The summed E-state index contributed by atoms with van der Waals surface area (Å²) in [5, 5.41) is 41.2. The van der Waals surface area contributed by atoms with E-state index in [4.69, 9.17) is 0 Å². The van der Waals surface area contributed by atoms with E-state index in [-0.39, 0.29) is 29.3 Å². The predicted molar refractivity (Wildman–Crippen MR) is 91.7 cm³/mol. The summed E-state index contributed by atoms with van der Waals surface area (Å²) in [6.07, 6.45) is 5.85. The number of aliphatic hydroxyl groups excluding tert-OH is 2. The number of aliphatic hydroxyl groups is 3. The molecule has 4 N–H and O–H groups in total. The fraction of sp³-hybridized carbons (Fsp3) is 0.950. The average molecular weight is 352 g/mol. The van der Waals surface area contributed by atoms with Crippen LogP contribution in [0.5, 0.6) is 0 Å². The maximum atomic E-state index is 12.1. The molecule has 0 heterocycles. The zero-order chi connectivity index (χ0) is 18.3. The standard InChI is InChI=1S/C20H32O5/c1-17-7-6-15(22)18(2,16(23)24)13(17)5-8-19-9-12(3-4-14(17)19)20(25,10-19)11-21/h12-15,21-22,25H,3-11H2,1-2H3,(H,23,24). The van der Waals surface area contributed by atoms with Gasteiger partial charge in [-0.25, -0.2) is 0 Å². The lowest BCUT2D eigenvalue weighted by Crippen LogP contribution is -2.62. The SMILES string of the molecule is CC12CCC(O)C(C)(C(=O)O)C1CCC13CC(CCC12)C(O)(CO)C3. The molecule has 0 aromatic rings. The highest BCUT2D eigenvalue weighted by molar-refractivity contribution is 5.76. The molecular formula is C20H32O5. The lowest BCUT2D eigenvalue weighted by Gasteiger charge is -2.64. The van der Waals surface area contributed by atoms with Gasteiger partial charge in [-0.05, 0) is 86.9 Å². The largest absolute Gasteiger partial charge is 0.481 e. The van der Waals surface area contributed by atoms with Crippen LogP contribution in [0.25, 0.3) is 0 Å². The fourth-order valence-corrected chi connectivity index (χ4v) is 8.01. The number of aliphatic carboxylic acids is 1. The van der Waals surface area contributed by atoms with Crippen LogP contribution in [0.4, 0.5) is 0 Å². The Hall–Kier alpha value is -0.650. The smallest absolute Gasteiger partial charge is 0.312 e. The molecule has 8 atom stereocenters. The van der Waals surface area contributed by atoms with E-state index in [0.29, 0.717) is 18.8 Å². The minimum Gasteiger partial charge on any atom is -0.481 e. The van der Waals surface area contributed by atoms with Crippen LogP contribution in [0.3, 0.4) is 0 Å². The summed E-state index contributed by atoms with van der Waals surface area (Å²) in [5.41, 5.74) is -2.12. The Morgan fingerprint density at radius 1 is 1.08 bits per heavy atom. The van der Waals surface area contributed by atoms with Crippen LogP contribution >= 0.6 is 0 Å². The predicted octanol–water partition coefficient (Wildman–Crippen LogP) is 2.18. The molecule has 4 rings (SSSR count). The van der Waals surface area contributed by atoms with Crippen molar-refractivity contribution >= 4 is 5.97 Å². The van der Waals surface area contributed by atoms with Gasteiger partial charge in [0, 0.05) is 0 Å². The van der Waals surface area contributed by atoms with E-state index in [0.717, 1.165) is 38.5 Å². The number of hydrogen-bond donors (Lipinski definition) is 4. The molecule has 142 valence electrons. The van der Waals surface area contributed by atoms with E-state index in [1.165, 1.54) is 0 Å². The normalized spacial score (nSPS) is 57.6. The first-order chi connectivity index (χ1) is 11.6. The van der Waals surface area contributed by atoms with Crippen molar-refractivity contribution in [1.29, 1.82) is 0 Å². The van der Waals surface area contributed by atoms with E-state index in [9.17, 15) is 25.2 Å². The third kappa shape index (κ3) is 2.03. The lowest BCUT2D eigenvalue weighted by atomic mass is 9.40. The lowest BCUT2D eigenvalue weighted by molar-refractivity contribution is -0.204. The molecule has 0 aromatic heterocycles. The first kappa shape index (κ1) is 17.7. The Bertz CT molecular complexity index is 593. The second kappa shape index (κ2) is 5.20. The number of hydrogen-bond acceptors (Lipinski definition) is 4. The van der Waals surface area contributed by atoms with Gasteiger partial charge in [0.25, 0.3) is 0 Å². The summed E-state index contributed by atoms with van der Waals surface area (Å²) in [6, 6.07) is 0. The number of carbonyl (C=O) groups is 1. The number of rotatable bonds is 2. The quantitative estimate of drug-likeness (QED) is 0.611. The molecule has 25 heavy (non-hydrogen) atoms. The van der Waals surface area contributed by atoms with Crippen molar-refractivity contribution < 1.29 is 25.2 Å². The van der Waals surface area contributed by atoms with E-state index < -0.39 is 23.1 Å². The van der Waals surface area contributed by atoms with E-state index in [1.54, 1.807) is 6.92 Å². The summed E-state index contributed by atoms with van der Waals surface area (Å²) in [6.45, 7) is 3.81. The van der Waals surface area contributed by atoms with Gasteiger partial charge in [0.2, 0.25) is 0 Å². The molecule has 4 fully saturated rings. The average Bonchev–Trinajstić information content (AvgIpc) is 2.78. The maximum Gasteiger partial charge on any atom is 0.312 e. The van der Waals surface area contributed by atoms with E-state index in [1.807, 2.05) is 0 Å². The van der Waals surface area contributed by atoms with Crippen LogP contribution < -0.4 is 0 Å². The summed E-state index contributed by atoms with van der Waals surface area (Å²) in [7, 11) is 0. The Morgan fingerprint density at radius 2 is 1.80 bits per heavy atom. The number of carboxylic acid groups (broad SMARTS) is 1. The molecular weight excluding hydrogens is 320 g/mol. The summed E-state index contributed by atoms with van der Waals surface area (Å²) < 4.78 is 0. The molecule has 4 aliphatic rings. The van der Waals surface area contributed by atoms with Gasteiger partial charge in [0.05, 0.1) is 23.7 Å². The van der Waals surface area contributed by atoms with Crippen LogP contribution in [0.15, 0.2) is 0 Å². The van der Waals surface area contributed by atoms with Crippen molar-refractivity contribution in [3.63, 3.8) is 0 Å². The van der Waals surface area contributed by atoms with Gasteiger partial charge in [0.1, 0.15) is 0 Å². The van der Waals surface area contributed by atoms with Crippen LogP contribution in [-0.2, 0) is 4.79 Å². The third-order valence-corrected chi connectivity index (χ3v) is 9.24. The summed E-state index contributed by atoms with van der Waals surface area (Å²) in [5.74, 6) is -0.356. The molecule has 5 heteroatoms. The first-order valence-electron chi connectivity index (χ1n) is 9.87. The minimum absolute atomic E-state index is 0.0313. The van der Waals surface area contributed by atoms with Crippen LogP contribution in [0.1, 0.15) is 65.2 Å². The van der Waals surface area contributed by atoms with Gasteiger partial charge in [0.15, 0.2) is 0 Å². The second-order valence-corrected chi connectivity index (χ2v) is 10.1. The van der Waals surface area contributed by atoms with Gasteiger partial charge in [-0.1, -0.05) is 6.92 Å². The van der Waals surface area contributed by atoms with E-state index in [2.05, 4.69) is 6.92 Å². The van der Waals surface area contributed by atoms with Gasteiger partial charge in [-0.3, -0.25) is 4.79 Å². The van der Waals surface area contributed by atoms with E-state index >= 15 is 0 Å². The Balaban J connectivity index is 1.74. The van der Waals surface area contributed by atoms with Crippen molar-refractivity contribution in [1.82, 2.24) is 0 Å². The van der Waals surface area contributed by atoms with Gasteiger partial charge >= 0.3 is 5.97 Å². The van der Waals surface area contributed by atoms with Crippen LogP contribution in [0.2, 0.25) is 0 Å².